The van der Waals surface area contributed by atoms with E-state index in [9.17, 15) is 14.4 Å². The van der Waals surface area contributed by atoms with Crippen LogP contribution in [0.2, 0.25) is 0 Å². The van der Waals surface area contributed by atoms with Crippen LogP contribution in [0.15, 0.2) is 0 Å². The third kappa shape index (κ3) is 7.84. The van der Waals surface area contributed by atoms with Gasteiger partial charge in [-0.25, -0.2) is 0 Å². The molecule has 0 radical (unpaired) electrons. The number of carboxylic acids is 1. The summed E-state index contributed by atoms with van der Waals surface area (Å²) in [7, 11) is 0. The van der Waals surface area contributed by atoms with Gasteiger partial charge in [-0.3, -0.25) is 14.4 Å². The minimum absolute atomic E-state index is 0.00716. The minimum Gasteiger partial charge on any atom is -0.480 e. The second kappa shape index (κ2) is 9.80. The molecule has 6 nitrogen and oxygen atoms in total. The summed E-state index contributed by atoms with van der Waals surface area (Å²) in [5.74, 6) is -0.932. The van der Waals surface area contributed by atoms with Crippen LogP contribution in [0.4, 0.5) is 0 Å². The molecule has 0 fully saturated rings. The zero-order valence-electron chi connectivity index (χ0n) is 11.3. The van der Waals surface area contributed by atoms with Crippen LogP contribution in [-0.4, -0.2) is 46.9 Å². The molecule has 4 N–H and O–H groups in total. The number of carboxylic acid groups (broad SMARTS) is 1. The molecule has 0 aromatic carbocycles. The Morgan fingerprint density at radius 3 is 2.42 bits per heavy atom. The fourth-order valence-electron chi connectivity index (χ4n) is 1.48. The van der Waals surface area contributed by atoms with Crippen molar-refractivity contribution in [3.8, 4) is 0 Å². The minimum atomic E-state index is -1.13. The smallest absolute Gasteiger partial charge is 0.320 e. The molecule has 7 heteroatoms. The molecule has 2 atom stereocenters. The Bertz CT molecular complexity index is 323. The van der Waals surface area contributed by atoms with Crippen LogP contribution >= 0.6 is 11.8 Å². The lowest BCUT2D eigenvalue weighted by Gasteiger charge is -2.16. The molecule has 0 heterocycles. The van der Waals surface area contributed by atoms with E-state index in [1.165, 1.54) is 11.8 Å². The van der Waals surface area contributed by atoms with Gasteiger partial charge in [-0.15, -0.1) is 0 Å². The first kappa shape index (κ1) is 17.9. The van der Waals surface area contributed by atoms with Gasteiger partial charge in [-0.05, 0) is 19.1 Å². The van der Waals surface area contributed by atoms with E-state index in [-0.39, 0.29) is 24.5 Å². The average molecular weight is 290 g/mol. The van der Waals surface area contributed by atoms with E-state index >= 15 is 0 Å². The predicted molar refractivity (Wildman–Crippen MR) is 75.1 cm³/mol. The molecule has 19 heavy (non-hydrogen) atoms. The zero-order chi connectivity index (χ0) is 14.8. The van der Waals surface area contributed by atoms with Crippen molar-refractivity contribution in [2.75, 3.05) is 12.0 Å². The summed E-state index contributed by atoms with van der Waals surface area (Å²) >= 11 is 1.48. The number of carbonyl (C=O) groups excluding carboxylic acids is 2. The number of rotatable bonds is 10. The molecule has 110 valence electrons. The quantitative estimate of drug-likeness (QED) is 0.537. The third-order valence-electron chi connectivity index (χ3n) is 2.55. The normalized spacial score (nSPS) is 13.6. The molecule has 0 aromatic rings. The van der Waals surface area contributed by atoms with Gasteiger partial charge in [0.2, 0.25) is 5.91 Å². The average Bonchev–Trinajstić information content (AvgIpc) is 2.35. The third-order valence-corrected chi connectivity index (χ3v) is 3.22. The standard InChI is InChI=1S/C12H22N2O4S/c1-3-4-10(15)9(7-19-2)14-11(16)6-5-8(13)12(17)18/h8-9H,3-7,13H2,1-2H3,(H,14,16)(H,17,18). The second-order valence-electron chi connectivity index (χ2n) is 4.28. The second-order valence-corrected chi connectivity index (χ2v) is 5.19. The maximum absolute atomic E-state index is 11.8. The Kier molecular flexibility index (Phi) is 9.24. The number of aliphatic carboxylic acids is 1. The largest absolute Gasteiger partial charge is 0.480 e. The first-order valence-electron chi connectivity index (χ1n) is 6.21. The van der Waals surface area contributed by atoms with E-state index in [2.05, 4.69) is 5.32 Å². The van der Waals surface area contributed by atoms with E-state index in [1.807, 2.05) is 13.2 Å². The number of Topliss-reactive ketones (excluding diaryl/α,β-unsaturated/α-hetero) is 1. The fourth-order valence-corrected chi connectivity index (χ4v) is 2.08. The van der Waals surface area contributed by atoms with E-state index in [0.29, 0.717) is 12.2 Å². The Balaban J connectivity index is 4.23. The molecule has 0 saturated heterocycles. The van der Waals surface area contributed by atoms with Gasteiger partial charge < -0.3 is 16.2 Å². The van der Waals surface area contributed by atoms with Gasteiger partial charge in [0.1, 0.15) is 6.04 Å². The Morgan fingerprint density at radius 1 is 1.32 bits per heavy atom. The van der Waals surface area contributed by atoms with Crippen molar-refractivity contribution in [2.45, 2.75) is 44.7 Å². The monoisotopic (exact) mass is 290 g/mol. The highest BCUT2D eigenvalue weighted by atomic mass is 32.2. The van der Waals surface area contributed by atoms with Crippen LogP contribution in [-0.2, 0) is 14.4 Å². The van der Waals surface area contributed by atoms with Gasteiger partial charge in [0, 0.05) is 18.6 Å². The lowest BCUT2D eigenvalue weighted by atomic mass is 10.1. The number of nitrogens with one attached hydrogen (secondary N) is 1. The van der Waals surface area contributed by atoms with E-state index < -0.39 is 18.1 Å². The van der Waals surface area contributed by atoms with Crippen molar-refractivity contribution in [2.24, 2.45) is 5.73 Å². The van der Waals surface area contributed by atoms with Gasteiger partial charge in [0.25, 0.3) is 0 Å². The van der Waals surface area contributed by atoms with Crippen molar-refractivity contribution in [1.82, 2.24) is 5.32 Å². The van der Waals surface area contributed by atoms with Crippen molar-refractivity contribution >= 4 is 29.4 Å². The summed E-state index contributed by atoms with van der Waals surface area (Å²) in [5, 5.41) is 11.2. The summed E-state index contributed by atoms with van der Waals surface area (Å²) in [4.78, 5) is 33.9. The van der Waals surface area contributed by atoms with Gasteiger partial charge >= 0.3 is 5.97 Å². The van der Waals surface area contributed by atoms with E-state index in [0.717, 1.165) is 6.42 Å². The number of carbonyl (C=O) groups is 3. The maximum atomic E-state index is 11.8. The first-order valence-corrected chi connectivity index (χ1v) is 7.61. The Morgan fingerprint density at radius 2 is 1.95 bits per heavy atom. The molecule has 0 aliphatic heterocycles. The van der Waals surface area contributed by atoms with E-state index in [1.54, 1.807) is 0 Å². The number of thioether (sulfide) groups is 1. The zero-order valence-corrected chi connectivity index (χ0v) is 12.2. The SMILES string of the molecule is CCCC(=O)C(CSC)NC(=O)CCC(N)C(=O)O. The van der Waals surface area contributed by atoms with Gasteiger partial charge in [0.15, 0.2) is 5.78 Å². The summed E-state index contributed by atoms with van der Waals surface area (Å²) in [6, 6.07) is -1.54. The van der Waals surface area contributed by atoms with Crippen LogP contribution in [0.25, 0.3) is 0 Å². The van der Waals surface area contributed by atoms with Gasteiger partial charge in [-0.2, -0.15) is 11.8 Å². The van der Waals surface area contributed by atoms with Crippen molar-refractivity contribution in [1.29, 1.82) is 0 Å². The highest BCUT2D eigenvalue weighted by molar-refractivity contribution is 7.98. The van der Waals surface area contributed by atoms with Crippen LogP contribution in [0.3, 0.4) is 0 Å². The van der Waals surface area contributed by atoms with Crippen molar-refractivity contribution in [3.05, 3.63) is 0 Å². The molecule has 0 aliphatic carbocycles. The van der Waals surface area contributed by atoms with Gasteiger partial charge in [-0.1, -0.05) is 6.92 Å². The number of ketones is 1. The van der Waals surface area contributed by atoms with Crippen molar-refractivity contribution in [3.63, 3.8) is 0 Å². The molecule has 0 saturated carbocycles. The lowest BCUT2D eigenvalue weighted by Crippen LogP contribution is -2.43. The molecule has 0 aromatic heterocycles. The van der Waals surface area contributed by atoms with Crippen LogP contribution in [0.5, 0.6) is 0 Å². The molecule has 2 unspecified atom stereocenters. The number of amides is 1. The van der Waals surface area contributed by atoms with E-state index in [4.69, 9.17) is 10.8 Å². The number of hydrogen-bond donors (Lipinski definition) is 3. The molecular weight excluding hydrogens is 268 g/mol. The summed E-state index contributed by atoms with van der Waals surface area (Å²) in [6.07, 6.45) is 3.11. The highest BCUT2D eigenvalue weighted by Crippen LogP contribution is 2.04. The first-order chi connectivity index (χ1) is 8.92. The van der Waals surface area contributed by atoms with Crippen molar-refractivity contribution < 1.29 is 19.5 Å². The fraction of sp³-hybridized carbons (Fsp3) is 0.750. The summed E-state index contributed by atoms with van der Waals surface area (Å²) in [5.41, 5.74) is 5.31. The molecule has 0 rings (SSSR count). The molecule has 0 bridgehead atoms. The summed E-state index contributed by atoms with van der Waals surface area (Å²) in [6.45, 7) is 1.90. The number of nitrogens with two attached hydrogens (primary N) is 1. The molecule has 0 spiro atoms. The Labute approximate surface area is 117 Å². The van der Waals surface area contributed by atoms with Crippen LogP contribution in [0.1, 0.15) is 32.6 Å². The predicted octanol–water partition coefficient (Wildman–Crippen LogP) is 0.396. The topological polar surface area (TPSA) is 109 Å². The lowest BCUT2D eigenvalue weighted by molar-refractivity contribution is -0.138. The Hall–Kier alpha value is -1.08. The molecule has 0 aliphatic rings. The van der Waals surface area contributed by atoms with Gasteiger partial charge in [0.05, 0.1) is 6.04 Å². The highest BCUT2D eigenvalue weighted by Gasteiger charge is 2.20. The summed E-state index contributed by atoms with van der Waals surface area (Å²) < 4.78 is 0. The van der Waals surface area contributed by atoms with Crippen LogP contribution < -0.4 is 11.1 Å². The maximum Gasteiger partial charge on any atom is 0.320 e. The molecular formula is C12H22N2O4S. The van der Waals surface area contributed by atoms with Crippen LogP contribution in [0, 0.1) is 0 Å². The molecule has 1 amide bonds. The number of hydrogen-bond acceptors (Lipinski definition) is 5.